The predicted molar refractivity (Wildman–Crippen MR) is 93.8 cm³/mol. The normalized spacial score (nSPS) is 16.8. The van der Waals surface area contributed by atoms with Crippen LogP contribution in [0.1, 0.15) is 52.1 Å². The molecule has 2 rings (SSSR count). The summed E-state index contributed by atoms with van der Waals surface area (Å²) in [6, 6.07) is 8.60. The Morgan fingerprint density at radius 1 is 1.35 bits per heavy atom. The van der Waals surface area contributed by atoms with Gasteiger partial charge in [-0.15, -0.1) is 0 Å². The number of nitrogens with zero attached hydrogens (tertiary/aromatic N) is 1. The Hall–Kier alpha value is -1.26. The molecule has 128 valence electrons. The Morgan fingerprint density at radius 2 is 1.96 bits per heavy atom. The summed E-state index contributed by atoms with van der Waals surface area (Å²) in [5.41, 5.74) is 0.802. The van der Waals surface area contributed by atoms with Gasteiger partial charge >= 0.3 is 6.09 Å². The Balaban J connectivity index is 1.86. The number of carbonyl (C=O) groups is 1. The third kappa shape index (κ3) is 5.40. The molecule has 1 atom stereocenters. The zero-order chi connectivity index (χ0) is 17.0. The van der Waals surface area contributed by atoms with Gasteiger partial charge in [-0.05, 0) is 44.9 Å². The maximum atomic E-state index is 12.0. The van der Waals surface area contributed by atoms with E-state index < -0.39 is 5.60 Å². The van der Waals surface area contributed by atoms with Gasteiger partial charge in [0, 0.05) is 30.2 Å². The van der Waals surface area contributed by atoms with Crippen molar-refractivity contribution >= 4 is 17.7 Å². The minimum Gasteiger partial charge on any atom is -0.444 e. The largest absolute Gasteiger partial charge is 0.444 e. The number of amides is 1. The van der Waals surface area contributed by atoms with E-state index >= 15 is 0 Å². The zero-order valence-electron chi connectivity index (χ0n) is 14.4. The molecule has 1 aromatic rings. The third-order valence-corrected chi connectivity index (χ3v) is 4.07. The molecule has 1 aromatic carbocycles. The summed E-state index contributed by atoms with van der Waals surface area (Å²) in [7, 11) is 0. The second-order valence-electron chi connectivity index (χ2n) is 7.14. The second-order valence-corrected chi connectivity index (χ2v) is 7.58. The zero-order valence-corrected chi connectivity index (χ0v) is 15.2. The van der Waals surface area contributed by atoms with Crippen LogP contribution in [0.15, 0.2) is 24.3 Å². The van der Waals surface area contributed by atoms with Crippen LogP contribution in [0.2, 0.25) is 5.02 Å². The van der Waals surface area contributed by atoms with Gasteiger partial charge in [-0.3, -0.25) is 0 Å². The van der Waals surface area contributed by atoms with E-state index in [1.807, 2.05) is 32.9 Å². The summed E-state index contributed by atoms with van der Waals surface area (Å²) in [6.45, 7) is 9.23. The Bertz CT molecular complexity index is 519. The summed E-state index contributed by atoms with van der Waals surface area (Å²) in [5, 5.41) is 4.40. The first kappa shape index (κ1) is 18.1. The van der Waals surface area contributed by atoms with Gasteiger partial charge in [0.1, 0.15) is 5.60 Å². The first-order valence-corrected chi connectivity index (χ1v) is 8.65. The predicted octanol–water partition coefficient (Wildman–Crippen LogP) is 4.39. The second kappa shape index (κ2) is 7.54. The van der Waals surface area contributed by atoms with Crippen molar-refractivity contribution < 1.29 is 9.53 Å². The number of hydrogen-bond donors (Lipinski definition) is 1. The van der Waals surface area contributed by atoms with Crippen LogP contribution in [0.5, 0.6) is 0 Å². The van der Waals surface area contributed by atoms with Crippen LogP contribution < -0.4 is 5.32 Å². The summed E-state index contributed by atoms with van der Waals surface area (Å²) >= 11 is 5.97. The molecule has 1 unspecified atom stereocenters. The average Bonchev–Trinajstić information content (AvgIpc) is 2.40. The number of halogens is 1. The van der Waals surface area contributed by atoms with Crippen molar-refractivity contribution in [2.45, 2.75) is 58.2 Å². The van der Waals surface area contributed by atoms with Gasteiger partial charge in [0.25, 0.3) is 0 Å². The number of hydrogen-bond acceptors (Lipinski definition) is 3. The molecule has 0 aromatic heterocycles. The van der Waals surface area contributed by atoms with Gasteiger partial charge < -0.3 is 15.0 Å². The minimum atomic E-state index is -0.441. The summed E-state index contributed by atoms with van der Waals surface area (Å²) in [4.78, 5) is 13.7. The van der Waals surface area contributed by atoms with Gasteiger partial charge in [-0.25, -0.2) is 4.79 Å². The van der Waals surface area contributed by atoms with Crippen LogP contribution in [0.25, 0.3) is 0 Å². The van der Waals surface area contributed by atoms with E-state index in [0.717, 1.165) is 17.9 Å². The van der Waals surface area contributed by atoms with Crippen molar-refractivity contribution in [3.8, 4) is 0 Å². The molecule has 1 heterocycles. The monoisotopic (exact) mass is 338 g/mol. The minimum absolute atomic E-state index is 0.228. The third-order valence-electron chi connectivity index (χ3n) is 3.82. The molecule has 0 bridgehead atoms. The van der Waals surface area contributed by atoms with E-state index in [9.17, 15) is 4.79 Å². The average molecular weight is 339 g/mol. The van der Waals surface area contributed by atoms with Gasteiger partial charge in [0.05, 0.1) is 0 Å². The van der Waals surface area contributed by atoms with Crippen molar-refractivity contribution in [2.24, 2.45) is 0 Å². The fourth-order valence-corrected chi connectivity index (χ4v) is 2.80. The van der Waals surface area contributed by atoms with Crippen molar-refractivity contribution in [2.75, 3.05) is 13.1 Å². The van der Waals surface area contributed by atoms with Crippen molar-refractivity contribution in [1.29, 1.82) is 0 Å². The molecular formula is C18H27ClN2O2. The molecule has 0 radical (unpaired) electrons. The first-order valence-electron chi connectivity index (χ1n) is 8.28. The Kier molecular flexibility index (Phi) is 5.93. The number of nitrogens with one attached hydrogen (secondary N) is 1. The van der Waals surface area contributed by atoms with Crippen LogP contribution >= 0.6 is 11.6 Å². The van der Waals surface area contributed by atoms with Gasteiger partial charge in [0.2, 0.25) is 0 Å². The Morgan fingerprint density at radius 3 is 2.48 bits per heavy atom. The highest BCUT2D eigenvalue weighted by molar-refractivity contribution is 6.30. The lowest BCUT2D eigenvalue weighted by atomic mass is 9.99. The molecule has 0 saturated carbocycles. The van der Waals surface area contributed by atoms with E-state index in [1.165, 1.54) is 5.56 Å². The highest BCUT2D eigenvalue weighted by Crippen LogP contribution is 2.23. The molecule has 4 nitrogen and oxygen atoms in total. The van der Waals surface area contributed by atoms with Gasteiger partial charge in [-0.1, -0.05) is 37.1 Å². The number of benzene rings is 1. The van der Waals surface area contributed by atoms with Crippen LogP contribution in [0, 0.1) is 0 Å². The first-order chi connectivity index (χ1) is 10.8. The topological polar surface area (TPSA) is 41.6 Å². The van der Waals surface area contributed by atoms with Crippen LogP contribution in [-0.4, -0.2) is 35.7 Å². The lowest BCUT2D eigenvalue weighted by molar-refractivity contribution is 0.00401. The van der Waals surface area contributed by atoms with Crippen molar-refractivity contribution in [1.82, 2.24) is 10.2 Å². The van der Waals surface area contributed by atoms with Gasteiger partial charge in [0.15, 0.2) is 0 Å². The van der Waals surface area contributed by atoms with Crippen molar-refractivity contribution in [3.63, 3.8) is 0 Å². The highest BCUT2D eigenvalue weighted by Gasteiger charge is 2.34. The highest BCUT2D eigenvalue weighted by atomic mass is 35.5. The molecule has 1 aliphatic rings. The Labute approximate surface area is 144 Å². The summed E-state index contributed by atoms with van der Waals surface area (Å²) in [6.07, 6.45) is 1.93. The maximum Gasteiger partial charge on any atom is 0.410 e. The number of ether oxygens (including phenoxy) is 1. The SMILES string of the molecule is CCCC(NC1CN(C(=O)OC(C)(C)C)C1)c1ccc(Cl)cc1. The molecule has 5 heteroatoms. The summed E-state index contributed by atoms with van der Waals surface area (Å²) in [5.74, 6) is 0. The molecule has 1 N–H and O–H groups in total. The lowest BCUT2D eigenvalue weighted by Gasteiger charge is -2.42. The van der Waals surface area contributed by atoms with Crippen LogP contribution in [-0.2, 0) is 4.74 Å². The maximum absolute atomic E-state index is 12.0. The van der Waals surface area contributed by atoms with Crippen LogP contribution in [0.4, 0.5) is 4.79 Å². The molecule has 1 fully saturated rings. The molecule has 1 amide bonds. The van der Waals surface area contributed by atoms with Gasteiger partial charge in [-0.2, -0.15) is 0 Å². The fraction of sp³-hybridized carbons (Fsp3) is 0.611. The molecule has 0 aliphatic carbocycles. The smallest absolute Gasteiger partial charge is 0.410 e. The molecule has 23 heavy (non-hydrogen) atoms. The van der Waals surface area contributed by atoms with Crippen molar-refractivity contribution in [3.05, 3.63) is 34.9 Å². The quantitative estimate of drug-likeness (QED) is 0.865. The van der Waals surface area contributed by atoms with E-state index in [4.69, 9.17) is 16.3 Å². The number of likely N-dealkylation sites (tertiary alicyclic amines) is 1. The molecular weight excluding hydrogens is 312 g/mol. The molecule has 0 spiro atoms. The fourth-order valence-electron chi connectivity index (χ4n) is 2.67. The summed E-state index contributed by atoms with van der Waals surface area (Å²) < 4.78 is 5.38. The van der Waals surface area contributed by atoms with E-state index in [0.29, 0.717) is 25.2 Å². The van der Waals surface area contributed by atoms with E-state index in [1.54, 1.807) is 4.90 Å². The molecule has 1 aliphatic heterocycles. The standard InChI is InChI=1S/C18H27ClN2O2/c1-5-6-16(13-7-9-14(19)10-8-13)20-15-11-21(12-15)17(22)23-18(2,3)4/h7-10,15-16,20H,5-6,11-12H2,1-4H3. The van der Waals surface area contributed by atoms with E-state index in [2.05, 4.69) is 24.4 Å². The van der Waals surface area contributed by atoms with E-state index in [-0.39, 0.29) is 6.09 Å². The van der Waals surface area contributed by atoms with Crippen LogP contribution in [0.3, 0.4) is 0 Å². The number of rotatable bonds is 5. The number of carbonyl (C=O) groups excluding carboxylic acids is 1. The lowest BCUT2D eigenvalue weighted by Crippen LogP contribution is -2.61. The molecule has 1 saturated heterocycles.